The molecular weight excluding hydrogens is 639 g/mol. The molecular formula is C52H35N. The zero-order valence-corrected chi connectivity index (χ0v) is 29.2. The van der Waals surface area contributed by atoms with Crippen molar-refractivity contribution in [3.05, 3.63) is 212 Å². The van der Waals surface area contributed by atoms with E-state index >= 15 is 0 Å². The van der Waals surface area contributed by atoms with Crippen molar-refractivity contribution in [1.82, 2.24) is 0 Å². The lowest BCUT2D eigenvalue weighted by Crippen LogP contribution is -2.10. The molecule has 0 aliphatic heterocycles. The van der Waals surface area contributed by atoms with E-state index in [1.807, 2.05) is 0 Å². The first-order chi connectivity index (χ1) is 26.3. The summed E-state index contributed by atoms with van der Waals surface area (Å²) in [6.45, 7) is 0. The predicted molar refractivity (Wildman–Crippen MR) is 227 cm³/mol. The molecule has 0 aliphatic carbocycles. The maximum atomic E-state index is 2.38. The second-order valence-electron chi connectivity index (χ2n) is 13.7. The molecule has 0 heterocycles. The van der Waals surface area contributed by atoms with Gasteiger partial charge in [0.1, 0.15) is 0 Å². The Morgan fingerprint density at radius 1 is 0.264 bits per heavy atom. The van der Waals surface area contributed by atoms with Gasteiger partial charge in [-0.2, -0.15) is 0 Å². The van der Waals surface area contributed by atoms with Crippen LogP contribution in [0.4, 0.5) is 17.1 Å². The normalized spacial score (nSPS) is 11.4. The molecule has 10 aromatic carbocycles. The first kappa shape index (κ1) is 30.8. The summed E-state index contributed by atoms with van der Waals surface area (Å²) in [7, 11) is 0. The van der Waals surface area contributed by atoms with Crippen LogP contribution in [0.1, 0.15) is 0 Å². The number of fused-ring (bicyclic) bond motifs is 7. The quantitative estimate of drug-likeness (QED) is 0.159. The molecule has 0 aromatic heterocycles. The van der Waals surface area contributed by atoms with Crippen LogP contribution in [-0.4, -0.2) is 0 Å². The Morgan fingerprint density at radius 3 is 1.38 bits per heavy atom. The summed E-state index contributed by atoms with van der Waals surface area (Å²) in [5.74, 6) is 0. The number of hydrogen-bond donors (Lipinski definition) is 0. The largest absolute Gasteiger partial charge is 0.310 e. The topological polar surface area (TPSA) is 3.24 Å². The highest BCUT2D eigenvalue weighted by molar-refractivity contribution is 6.28. The molecule has 0 N–H and O–H groups in total. The van der Waals surface area contributed by atoms with Gasteiger partial charge in [0.25, 0.3) is 0 Å². The third-order valence-corrected chi connectivity index (χ3v) is 10.6. The second kappa shape index (κ2) is 13.0. The van der Waals surface area contributed by atoms with Crippen LogP contribution in [0.3, 0.4) is 0 Å². The van der Waals surface area contributed by atoms with Crippen LogP contribution in [0, 0.1) is 0 Å². The molecule has 0 spiro atoms. The highest BCUT2D eigenvalue weighted by Crippen LogP contribution is 2.42. The molecule has 0 aliphatic rings. The van der Waals surface area contributed by atoms with Crippen molar-refractivity contribution in [2.75, 3.05) is 4.90 Å². The molecule has 0 fully saturated rings. The molecule has 10 aromatic rings. The zero-order chi connectivity index (χ0) is 35.1. The molecule has 53 heavy (non-hydrogen) atoms. The van der Waals surface area contributed by atoms with E-state index in [2.05, 4.69) is 217 Å². The van der Waals surface area contributed by atoms with E-state index in [9.17, 15) is 0 Å². The summed E-state index contributed by atoms with van der Waals surface area (Å²) in [5, 5.41) is 10.2. The summed E-state index contributed by atoms with van der Waals surface area (Å²) in [6.07, 6.45) is 0. The number of nitrogens with zero attached hydrogens (tertiary/aromatic N) is 1. The van der Waals surface area contributed by atoms with E-state index in [0.717, 1.165) is 17.1 Å². The van der Waals surface area contributed by atoms with Crippen molar-refractivity contribution < 1.29 is 0 Å². The fraction of sp³-hybridized carbons (Fsp3) is 0. The van der Waals surface area contributed by atoms with Crippen LogP contribution in [0.25, 0.3) is 76.5 Å². The average molecular weight is 674 g/mol. The van der Waals surface area contributed by atoms with E-state index in [1.54, 1.807) is 0 Å². The van der Waals surface area contributed by atoms with Gasteiger partial charge in [0.05, 0.1) is 5.69 Å². The lowest BCUT2D eigenvalue weighted by Gasteiger charge is -2.27. The Labute approximate surface area is 309 Å². The maximum absolute atomic E-state index is 2.38. The average Bonchev–Trinajstić information content (AvgIpc) is 3.24. The smallest absolute Gasteiger partial charge is 0.0540 e. The summed E-state index contributed by atoms with van der Waals surface area (Å²) in [4.78, 5) is 2.38. The molecule has 0 atom stereocenters. The summed E-state index contributed by atoms with van der Waals surface area (Å²) < 4.78 is 0. The minimum Gasteiger partial charge on any atom is -0.310 e. The van der Waals surface area contributed by atoms with Gasteiger partial charge in [0, 0.05) is 16.8 Å². The highest BCUT2D eigenvalue weighted by atomic mass is 15.1. The number of hydrogen-bond acceptors (Lipinski definition) is 1. The highest BCUT2D eigenvalue weighted by Gasteiger charge is 2.17. The van der Waals surface area contributed by atoms with E-state index in [-0.39, 0.29) is 0 Å². The Balaban J connectivity index is 1.07. The van der Waals surface area contributed by atoms with Crippen LogP contribution < -0.4 is 4.90 Å². The molecule has 1 nitrogen and oxygen atoms in total. The first-order valence-electron chi connectivity index (χ1n) is 18.3. The SMILES string of the molecule is c1ccc(-c2ccc(N(c3ccc(-c4cccc(-c5cccc6c7ccccc7c7ccccc7c56)c4)cc3)c3cccc4ccccc34)cc2)cc1. The number of benzene rings is 10. The maximum Gasteiger partial charge on any atom is 0.0540 e. The zero-order valence-electron chi connectivity index (χ0n) is 29.2. The van der Waals surface area contributed by atoms with Crippen molar-refractivity contribution in [3.8, 4) is 33.4 Å². The molecule has 10 rings (SSSR count). The van der Waals surface area contributed by atoms with Crippen LogP contribution in [0.15, 0.2) is 212 Å². The third-order valence-electron chi connectivity index (χ3n) is 10.6. The predicted octanol–water partition coefficient (Wildman–Crippen LogP) is 14.8. The van der Waals surface area contributed by atoms with Crippen LogP contribution in [0.5, 0.6) is 0 Å². The van der Waals surface area contributed by atoms with Crippen molar-refractivity contribution in [1.29, 1.82) is 0 Å². The van der Waals surface area contributed by atoms with Gasteiger partial charge >= 0.3 is 0 Å². The number of anilines is 3. The lowest BCUT2D eigenvalue weighted by molar-refractivity contribution is 1.30. The van der Waals surface area contributed by atoms with Crippen LogP contribution in [0.2, 0.25) is 0 Å². The van der Waals surface area contributed by atoms with Gasteiger partial charge in [-0.25, -0.2) is 0 Å². The van der Waals surface area contributed by atoms with Gasteiger partial charge in [0.15, 0.2) is 0 Å². The molecule has 248 valence electrons. The van der Waals surface area contributed by atoms with E-state index in [0.29, 0.717) is 0 Å². The third kappa shape index (κ3) is 5.42. The van der Waals surface area contributed by atoms with E-state index in [1.165, 1.54) is 76.5 Å². The second-order valence-corrected chi connectivity index (χ2v) is 13.7. The van der Waals surface area contributed by atoms with Gasteiger partial charge in [0.2, 0.25) is 0 Å². The van der Waals surface area contributed by atoms with Crippen LogP contribution >= 0.6 is 0 Å². The summed E-state index contributed by atoms with van der Waals surface area (Å²) in [5.41, 5.74) is 10.6. The van der Waals surface area contributed by atoms with Crippen molar-refractivity contribution in [2.45, 2.75) is 0 Å². The van der Waals surface area contributed by atoms with Crippen molar-refractivity contribution in [2.24, 2.45) is 0 Å². The van der Waals surface area contributed by atoms with Crippen LogP contribution in [-0.2, 0) is 0 Å². The molecule has 0 bridgehead atoms. The molecule has 0 unspecified atom stereocenters. The van der Waals surface area contributed by atoms with E-state index in [4.69, 9.17) is 0 Å². The minimum atomic E-state index is 1.11. The van der Waals surface area contributed by atoms with E-state index < -0.39 is 0 Å². The van der Waals surface area contributed by atoms with Gasteiger partial charge in [-0.15, -0.1) is 0 Å². The van der Waals surface area contributed by atoms with Gasteiger partial charge in [-0.05, 0) is 107 Å². The molecule has 0 amide bonds. The van der Waals surface area contributed by atoms with Gasteiger partial charge in [-0.1, -0.05) is 176 Å². The monoisotopic (exact) mass is 673 g/mol. The Morgan fingerprint density at radius 2 is 0.698 bits per heavy atom. The van der Waals surface area contributed by atoms with Gasteiger partial charge in [-0.3, -0.25) is 0 Å². The molecule has 1 heteroatoms. The molecule has 0 saturated carbocycles. The Bertz CT molecular complexity index is 2870. The Hall–Kier alpha value is -6.96. The first-order valence-corrected chi connectivity index (χ1v) is 18.3. The van der Waals surface area contributed by atoms with Crippen molar-refractivity contribution >= 4 is 60.2 Å². The molecule has 0 radical (unpaired) electrons. The fourth-order valence-corrected chi connectivity index (χ4v) is 8.13. The Kier molecular flexibility index (Phi) is 7.55. The summed E-state index contributed by atoms with van der Waals surface area (Å²) in [6, 6.07) is 77.1. The standard InChI is InChI=1S/C52H35N/c1-2-13-36(14-3-1)37-27-31-42(32-28-37)53(51-26-11-16-39-15-4-5-19-44(39)51)43-33-29-38(30-34-43)40-17-10-18-41(35-40)45-24-12-25-50-48-21-7-6-20-46(48)47-22-8-9-23-49(47)52(45)50/h1-35H. The van der Waals surface area contributed by atoms with Gasteiger partial charge < -0.3 is 4.90 Å². The number of rotatable bonds is 6. The molecule has 0 saturated heterocycles. The minimum absolute atomic E-state index is 1.11. The lowest BCUT2D eigenvalue weighted by atomic mass is 9.89. The summed E-state index contributed by atoms with van der Waals surface area (Å²) >= 11 is 0. The fourth-order valence-electron chi connectivity index (χ4n) is 8.13. The van der Waals surface area contributed by atoms with Crippen molar-refractivity contribution in [3.63, 3.8) is 0 Å².